The first-order valence-corrected chi connectivity index (χ1v) is 10.3. The number of rotatable bonds is 5. The largest absolute Gasteiger partial charge is 0.507 e. The van der Waals surface area contributed by atoms with Gasteiger partial charge >= 0.3 is 0 Å². The summed E-state index contributed by atoms with van der Waals surface area (Å²) in [6.07, 6.45) is 12.1. The first kappa shape index (κ1) is 20.3. The summed E-state index contributed by atoms with van der Waals surface area (Å²) in [5.41, 5.74) is 0.766. The topological polar surface area (TPSA) is 80.0 Å². The van der Waals surface area contributed by atoms with Gasteiger partial charge in [0.1, 0.15) is 11.6 Å². The monoisotopic (exact) mass is 410 g/mol. The maximum atomic E-state index is 14.6. The molecule has 30 heavy (non-hydrogen) atoms. The van der Waals surface area contributed by atoms with E-state index in [2.05, 4.69) is 38.9 Å². The molecule has 1 N–H and O–H groups in total. The van der Waals surface area contributed by atoms with E-state index in [-0.39, 0.29) is 22.8 Å². The van der Waals surface area contributed by atoms with Crippen molar-refractivity contribution in [3.8, 4) is 22.8 Å². The second-order valence-corrected chi connectivity index (χ2v) is 8.46. The van der Waals surface area contributed by atoms with Crippen LogP contribution in [-0.4, -0.2) is 42.9 Å². The van der Waals surface area contributed by atoms with E-state index in [1.807, 2.05) is 7.05 Å². The molecule has 0 spiro atoms. The molecule has 3 aromatic rings. The number of anilines is 1. The third-order valence-electron chi connectivity index (χ3n) is 6.45. The molecule has 0 unspecified atom stereocenters. The first-order chi connectivity index (χ1) is 14.4. The van der Waals surface area contributed by atoms with Crippen molar-refractivity contribution in [1.29, 1.82) is 0 Å². The number of nitrogens with zero attached hydrogens (tertiary/aromatic N) is 6. The van der Waals surface area contributed by atoms with Crippen molar-refractivity contribution in [3.05, 3.63) is 42.9 Å². The lowest BCUT2D eigenvalue weighted by Gasteiger charge is -2.41. The normalized spacial score (nSPS) is 21.5. The van der Waals surface area contributed by atoms with Crippen molar-refractivity contribution in [1.82, 2.24) is 24.7 Å². The van der Waals surface area contributed by atoms with E-state index >= 15 is 0 Å². The van der Waals surface area contributed by atoms with Gasteiger partial charge in [-0.3, -0.25) is 0 Å². The summed E-state index contributed by atoms with van der Waals surface area (Å²) in [6.45, 7) is 4.60. The highest BCUT2D eigenvalue weighted by atomic mass is 19.1. The summed E-state index contributed by atoms with van der Waals surface area (Å²) >= 11 is 0. The van der Waals surface area contributed by atoms with Gasteiger partial charge in [-0.15, -0.1) is 10.2 Å². The Morgan fingerprint density at radius 2 is 2.17 bits per heavy atom. The molecule has 0 amide bonds. The Hall–Kier alpha value is -3.03. The van der Waals surface area contributed by atoms with Crippen molar-refractivity contribution in [2.75, 3.05) is 11.9 Å². The van der Waals surface area contributed by atoms with Crippen LogP contribution in [0.2, 0.25) is 0 Å². The van der Waals surface area contributed by atoms with Crippen LogP contribution >= 0.6 is 0 Å². The number of halogens is 1. The van der Waals surface area contributed by atoms with Gasteiger partial charge in [0.25, 0.3) is 0 Å². The number of imidazole rings is 1. The predicted octanol–water partition coefficient (Wildman–Crippen LogP) is 4.36. The fourth-order valence-corrected chi connectivity index (χ4v) is 4.26. The van der Waals surface area contributed by atoms with E-state index in [9.17, 15) is 9.50 Å². The number of phenolic OH excluding ortho intramolecular Hbond substituents is 1. The zero-order valence-electron chi connectivity index (χ0n) is 17.6. The third kappa shape index (κ3) is 3.86. The Balaban J connectivity index is 1.56. The lowest BCUT2D eigenvalue weighted by Crippen LogP contribution is -2.40. The molecule has 2 aromatic heterocycles. The van der Waals surface area contributed by atoms with Gasteiger partial charge in [0.05, 0.1) is 23.8 Å². The molecule has 0 bridgehead atoms. The maximum absolute atomic E-state index is 14.6. The Labute approximate surface area is 175 Å². The Morgan fingerprint density at radius 1 is 1.33 bits per heavy atom. The van der Waals surface area contributed by atoms with Crippen LogP contribution in [0.5, 0.6) is 5.75 Å². The van der Waals surface area contributed by atoms with Crippen LogP contribution in [-0.2, 0) is 0 Å². The van der Waals surface area contributed by atoms with E-state index in [4.69, 9.17) is 0 Å². The van der Waals surface area contributed by atoms with E-state index in [1.165, 1.54) is 42.3 Å². The molecule has 1 saturated carbocycles. The second-order valence-electron chi connectivity index (χ2n) is 8.46. The third-order valence-corrected chi connectivity index (χ3v) is 6.45. The second kappa shape index (κ2) is 8.01. The summed E-state index contributed by atoms with van der Waals surface area (Å²) in [7, 11) is 2.02. The number of benzene rings is 1. The van der Waals surface area contributed by atoms with Gasteiger partial charge in [0, 0.05) is 31.5 Å². The molecular formula is C22H27FN6O. The molecule has 1 fully saturated rings. The minimum Gasteiger partial charge on any atom is -0.507 e. The first-order valence-electron chi connectivity index (χ1n) is 10.3. The van der Waals surface area contributed by atoms with Gasteiger partial charge in [-0.05, 0) is 30.7 Å². The van der Waals surface area contributed by atoms with Crippen molar-refractivity contribution < 1.29 is 9.50 Å². The molecule has 2 heterocycles. The molecule has 7 nitrogen and oxygen atoms in total. The van der Waals surface area contributed by atoms with Crippen molar-refractivity contribution >= 4 is 5.82 Å². The Bertz CT molecular complexity index is 1010. The van der Waals surface area contributed by atoms with Gasteiger partial charge in [0.15, 0.2) is 11.6 Å². The van der Waals surface area contributed by atoms with Gasteiger partial charge < -0.3 is 14.6 Å². The van der Waals surface area contributed by atoms with Crippen LogP contribution in [0, 0.1) is 11.2 Å². The Kier molecular flexibility index (Phi) is 5.40. The van der Waals surface area contributed by atoms with Crippen molar-refractivity contribution in [2.24, 2.45) is 5.41 Å². The lowest BCUT2D eigenvalue weighted by molar-refractivity contribution is 0.185. The summed E-state index contributed by atoms with van der Waals surface area (Å²) in [5, 5.41) is 18.9. The van der Waals surface area contributed by atoms with Crippen LogP contribution in [0.4, 0.5) is 10.2 Å². The lowest BCUT2D eigenvalue weighted by atomic mass is 9.71. The number of aromatic nitrogens is 5. The summed E-state index contributed by atoms with van der Waals surface area (Å²) < 4.78 is 16.1. The molecule has 0 aliphatic heterocycles. The summed E-state index contributed by atoms with van der Waals surface area (Å²) in [6, 6.07) is 2.95. The van der Waals surface area contributed by atoms with Crippen LogP contribution in [0.1, 0.15) is 46.0 Å². The van der Waals surface area contributed by atoms with Crippen LogP contribution < -0.4 is 4.90 Å². The zero-order chi connectivity index (χ0) is 21.3. The van der Waals surface area contributed by atoms with Gasteiger partial charge in [-0.2, -0.15) is 0 Å². The molecule has 8 heteroatoms. The Morgan fingerprint density at radius 3 is 2.83 bits per heavy atom. The predicted molar refractivity (Wildman–Crippen MR) is 113 cm³/mol. The molecule has 1 aliphatic rings. The molecule has 1 aromatic carbocycles. The maximum Gasteiger partial charge on any atom is 0.185 e. The van der Waals surface area contributed by atoms with Gasteiger partial charge in [0.2, 0.25) is 0 Å². The van der Waals surface area contributed by atoms with Gasteiger partial charge in [-0.25, -0.2) is 14.4 Å². The summed E-state index contributed by atoms with van der Waals surface area (Å²) in [5.74, 6) is 0.238. The van der Waals surface area contributed by atoms with E-state index < -0.39 is 5.82 Å². The average Bonchev–Trinajstić information content (AvgIpc) is 3.29. The minimum atomic E-state index is -0.508. The number of aromatic hydroxyl groups is 1. The molecular weight excluding hydrogens is 383 g/mol. The molecule has 158 valence electrons. The number of phenols is 1. The fraction of sp³-hybridized carbons (Fsp3) is 0.455. The van der Waals surface area contributed by atoms with Crippen molar-refractivity contribution in [3.63, 3.8) is 0 Å². The minimum absolute atomic E-state index is 0.117. The highest BCUT2D eigenvalue weighted by Crippen LogP contribution is 2.40. The summed E-state index contributed by atoms with van der Waals surface area (Å²) in [4.78, 5) is 10.4. The average molecular weight is 410 g/mol. The van der Waals surface area contributed by atoms with Gasteiger partial charge in [-0.1, -0.05) is 26.7 Å². The quantitative estimate of drug-likeness (QED) is 0.673. The van der Waals surface area contributed by atoms with Crippen LogP contribution in [0.25, 0.3) is 17.1 Å². The van der Waals surface area contributed by atoms with Crippen LogP contribution in [0.15, 0.2) is 37.1 Å². The zero-order valence-corrected chi connectivity index (χ0v) is 17.6. The fourth-order valence-electron chi connectivity index (χ4n) is 4.26. The molecule has 1 aliphatic carbocycles. The highest BCUT2D eigenvalue weighted by molar-refractivity contribution is 5.66. The van der Waals surface area contributed by atoms with Crippen LogP contribution in [0.3, 0.4) is 0 Å². The molecule has 0 radical (unpaired) electrons. The number of hydrogen-bond acceptors (Lipinski definition) is 6. The smallest absolute Gasteiger partial charge is 0.185 e. The van der Waals surface area contributed by atoms with E-state index in [1.54, 1.807) is 18.6 Å². The van der Waals surface area contributed by atoms with E-state index in [0.717, 1.165) is 12.8 Å². The highest BCUT2D eigenvalue weighted by Gasteiger charge is 2.33. The molecule has 0 saturated heterocycles. The molecule has 2 atom stereocenters. The molecule has 4 rings (SSSR count). The SMILES string of the molecule is CC[C@@]1(C)CCC[C@@H](N(C)c2cnc(-c3cc(F)c(-n4ccnc4)cc3O)nn2)C1. The van der Waals surface area contributed by atoms with E-state index in [0.29, 0.717) is 17.3 Å². The van der Waals surface area contributed by atoms with Crippen molar-refractivity contribution in [2.45, 2.75) is 52.0 Å². The standard InChI is InChI=1S/C22H27FN6O/c1-4-22(2)7-5-6-15(12-22)28(3)20-13-25-21(27-26-20)16-10-17(23)18(11-19(16)30)29-9-8-24-14-29/h8-11,13-15,30H,4-7,12H2,1-3H3/t15-,22+/m1/s1. The number of hydrogen-bond donors (Lipinski definition) is 1.